The van der Waals surface area contributed by atoms with Crippen molar-refractivity contribution in [2.75, 3.05) is 19.6 Å². The van der Waals surface area contributed by atoms with Gasteiger partial charge in [0.15, 0.2) is 5.76 Å². The molecule has 24 heavy (non-hydrogen) atoms. The van der Waals surface area contributed by atoms with Crippen molar-refractivity contribution < 1.29 is 13.9 Å². The van der Waals surface area contributed by atoms with E-state index in [-0.39, 0.29) is 5.91 Å². The highest BCUT2D eigenvalue weighted by Gasteiger charge is 2.23. The van der Waals surface area contributed by atoms with Crippen LogP contribution in [0.15, 0.2) is 34.7 Å². The van der Waals surface area contributed by atoms with E-state index >= 15 is 0 Å². The lowest BCUT2D eigenvalue weighted by atomic mass is 10.1. The van der Waals surface area contributed by atoms with E-state index in [0.29, 0.717) is 37.3 Å². The summed E-state index contributed by atoms with van der Waals surface area (Å²) >= 11 is 0. The Morgan fingerprint density at radius 2 is 2.17 bits per heavy atom. The molecule has 128 valence electrons. The summed E-state index contributed by atoms with van der Waals surface area (Å²) in [6, 6.07) is 9.91. The zero-order valence-electron chi connectivity index (χ0n) is 14.5. The van der Waals surface area contributed by atoms with Gasteiger partial charge in [-0.25, -0.2) is 0 Å². The second-order valence-electron chi connectivity index (χ2n) is 6.43. The third kappa shape index (κ3) is 3.79. The van der Waals surface area contributed by atoms with E-state index in [9.17, 15) is 4.79 Å². The van der Waals surface area contributed by atoms with E-state index in [1.165, 1.54) is 5.56 Å². The number of amides is 1. The molecule has 1 amide bonds. The van der Waals surface area contributed by atoms with Gasteiger partial charge in [-0.1, -0.05) is 17.7 Å². The molecule has 1 fully saturated rings. The molecular weight excluding hydrogens is 304 g/mol. The Morgan fingerprint density at radius 3 is 2.92 bits per heavy atom. The molecule has 3 rings (SSSR count). The highest BCUT2D eigenvalue weighted by atomic mass is 16.5. The lowest BCUT2D eigenvalue weighted by molar-refractivity contribution is 0.0673. The van der Waals surface area contributed by atoms with Gasteiger partial charge in [-0.2, -0.15) is 0 Å². The number of nitrogens with zero attached hydrogens (tertiary/aromatic N) is 1. The molecule has 0 radical (unpaired) electrons. The van der Waals surface area contributed by atoms with Crippen molar-refractivity contribution in [1.82, 2.24) is 10.2 Å². The van der Waals surface area contributed by atoms with Crippen LogP contribution in [0.3, 0.4) is 0 Å². The number of carbonyl (C=O) groups is 1. The van der Waals surface area contributed by atoms with Gasteiger partial charge in [0.2, 0.25) is 0 Å². The maximum atomic E-state index is 12.5. The van der Waals surface area contributed by atoms with Crippen LogP contribution in [0, 0.1) is 13.8 Å². The van der Waals surface area contributed by atoms with E-state index in [0.717, 1.165) is 17.9 Å². The number of furan rings is 1. The van der Waals surface area contributed by atoms with Crippen molar-refractivity contribution in [3.63, 3.8) is 0 Å². The molecule has 1 atom stereocenters. The second-order valence-corrected chi connectivity index (χ2v) is 6.43. The Kier molecular flexibility index (Phi) is 4.90. The van der Waals surface area contributed by atoms with Gasteiger partial charge < -0.3 is 19.4 Å². The lowest BCUT2D eigenvalue weighted by Crippen LogP contribution is -2.51. The summed E-state index contributed by atoms with van der Waals surface area (Å²) in [5, 5.41) is 3.33. The maximum Gasteiger partial charge on any atom is 0.289 e. The average Bonchev–Trinajstić information content (AvgIpc) is 3.02. The topological polar surface area (TPSA) is 54.7 Å². The molecule has 1 unspecified atom stereocenters. The number of hydrogen-bond donors (Lipinski definition) is 1. The molecule has 0 spiro atoms. The quantitative estimate of drug-likeness (QED) is 0.937. The van der Waals surface area contributed by atoms with Crippen LogP contribution in [-0.4, -0.2) is 36.5 Å². The molecule has 0 bridgehead atoms. The Hall–Kier alpha value is -2.27. The molecule has 1 N–H and O–H groups in total. The minimum atomic E-state index is -0.0545. The third-order valence-electron chi connectivity index (χ3n) is 4.23. The molecule has 5 nitrogen and oxygen atoms in total. The van der Waals surface area contributed by atoms with Crippen molar-refractivity contribution in [1.29, 1.82) is 0 Å². The smallest absolute Gasteiger partial charge is 0.289 e. The minimum Gasteiger partial charge on any atom is -0.485 e. The first-order chi connectivity index (χ1) is 11.5. The van der Waals surface area contributed by atoms with Crippen LogP contribution >= 0.6 is 0 Å². The predicted octanol–water partition coefficient (Wildman–Crippen LogP) is 2.91. The molecule has 1 aromatic heterocycles. The fourth-order valence-electron chi connectivity index (χ4n) is 2.95. The lowest BCUT2D eigenvalue weighted by Gasteiger charge is -2.31. The number of nitrogens with one attached hydrogen (secondary N) is 1. The van der Waals surface area contributed by atoms with Gasteiger partial charge in [0.05, 0.1) is 0 Å². The van der Waals surface area contributed by atoms with E-state index in [1.807, 2.05) is 30.0 Å². The van der Waals surface area contributed by atoms with Crippen LogP contribution < -0.4 is 10.1 Å². The first kappa shape index (κ1) is 16.6. The molecule has 0 aliphatic carbocycles. The number of ether oxygens (including phenoxy) is 1. The summed E-state index contributed by atoms with van der Waals surface area (Å²) in [5.74, 6) is 1.81. The largest absolute Gasteiger partial charge is 0.485 e. The monoisotopic (exact) mass is 328 g/mol. The molecule has 1 saturated heterocycles. The molecule has 2 aromatic rings. The third-order valence-corrected chi connectivity index (χ3v) is 4.23. The molecule has 0 saturated carbocycles. The first-order valence-corrected chi connectivity index (χ1v) is 8.34. The van der Waals surface area contributed by atoms with Gasteiger partial charge in [0.25, 0.3) is 5.91 Å². The van der Waals surface area contributed by atoms with Crippen molar-refractivity contribution in [3.05, 3.63) is 53.0 Å². The highest BCUT2D eigenvalue weighted by Crippen LogP contribution is 2.21. The van der Waals surface area contributed by atoms with E-state index in [2.05, 4.69) is 25.2 Å². The summed E-state index contributed by atoms with van der Waals surface area (Å²) in [4.78, 5) is 14.3. The van der Waals surface area contributed by atoms with E-state index in [4.69, 9.17) is 9.15 Å². The summed E-state index contributed by atoms with van der Waals surface area (Å²) < 4.78 is 11.5. The number of carbonyl (C=O) groups excluding carboxylic acids is 1. The minimum absolute atomic E-state index is 0.0545. The van der Waals surface area contributed by atoms with Gasteiger partial charge in [0, 0.05) is 25.7 Å². The summed E-state index contributed by atoms with van der Waals surface area (Å²) in [6.07, 6.45) is 0. The van der Waals surface area contributed by atoms with Crippen LogP contribution in [-0.2, 0) is 6.61 Å². The molecule has 1 aromatic carbocycles. The van der Waals surface area contributed by atoms with Gasteiger partial charge in [-0.15, -0.1) is 0 Å². The Balaban J connectivity index is 1.62. The van der Waals surface area contributed by atoms with Crippen LogP contribution in [0.4, 0.5) is 0 Å². The average molecular weight is 328 g/mol. The normalized spacial score (nSPS) is 17.8. The van der Waals surface area contributed by atoms with Crippen molar-refractivity contribution >= 4 is 5.91 Å². The Labute approximate surface area is 142 Å². The van der Waals surface area contributed by atoms with E-state index < -0.39 is 0 Å². The zero-order valence-corrected chi connectivity index (χ0v) is 14.5. The number of rotatable bonds is 4. The number of aryl methyl sites for hydroxylation is 2. The van der Waals surface area contributed by atoms with Crippen LogP contribution in [0.5, 0.6) is 5.75 Å². The van der Waals surface area contributed by atoms with Crippen LogP contribution in [0.25, 0.3) is 0 Å². The molecule has 2 heterocycles. The summed E-state index contributed by atoms with van der Waals surface area (Å²) in [6.45, 7) is 8.69. The maximum absolute atomic E-state index is 12.5. The molecule has 5 heteroatoms. The van der Waals surface area contributed by atoms with Gasteiger partial charge >= 0.3 is 0 Å². The zero-order chi connectivity index (χ0) is 17.1. The standard InChI is InChI=1S/C19H24N2O3/c1-13-4-6-17(14(2)10-13)23-12-16-5-7-18(24-16)19(22)21-9-8-20-15(3)11-21/h4-7,10,15,20H,8-9,11-12H2,1-3H3. The van der Waals surface area contributed by atoms with Crippen LogP contribution in [0.2, 0.25) is 0 Å². The fourth-order valence-corrected chi connectivity index (χ4v) is 2.95. The predicted molar refractivity (Wildman–Crippen MR) is 92.3 cm³/mol. The Morgan fingerprint density at radius 1 is 1.33 bits per heavy atom. The number of benzene rings is 1. The SMILES string of the molecule is Cc1ccc(OCc2ccc(C(=O)N3CCNC(C)C3)o2)c(C)c1. The van der Waals surface area contributed by atoms with Crippen molar-refractivity contribution in [2.45, 2.75) is 33.4 Å². The van der Waals surface area contributed by atoms with Gasteiger partial charge in [-0.3, -0.25) is 4.79 Å². The highest BCUT2D eigenvalue weighted by molar-refractivity contribution is 5.91. The summed E-state index contributed by atoms with van der Waals surface area (Å²) in [5.41, 5.74) is 2.30. The van der Waals surface area contributed by atoms with Crippen LogP contribution in [0.1, 0.15) is 34.4 Å². The number of piperazine rings is 1. The van der Waals surface area contributed by atoms with Gasteiger partial charge in [-0.05, 0) is 44.5 Å². The van der Waals surface area contributed by atoms with Gasteiger partial charge in [0.1, 0.15) is 18.1 Å². The molecule has 1 aliphatic rings. The Bertz CT molecular complexity index is 723. The van der Waals surface area contributed by atoms with E-state index in [1.54, 1.807) is 6.07 Å². The molecule has 1 aliphatic heterocycles. The second kappa shape index (κ2) is 7.09. The van der Waals surface area contributed by atoms with Crippen molar-refractivity contribution in [2.24, 2.45) is 0 Å². The molecular formula is C19H24N2O3. The summed E-state index contributed by atoms with van der Waals surface area (Å²) in [7, 11) is 0. The number of hydrogen-bond acceptors (Lipinski definition) is 4. The van der Waals surface area contributed by atoms with Crippen molar-refractivity contribution in [3.8, 4) is 5.75 Å². The first-order valence-electron chi connectivity index (χ1n) is 8.34. The fraction of sp³-hybridized carbons (Fsp3) is 0.421.